The monoisotopic (exact) mass is 169 g/mol. The lowest BCUT2D eigenvalue weighted by molar-refractivity contribution is 0.635. The molecule has 11 heavy (non-hydrogen) atoms. The Morgan fingerprint density at radius 2 is 2.64 bits per heavy atom. The summed E-state index contributed by atoms with van der Waals surface area (Å²) >= 11 is 1.57. The van der Waals surface area contributed by atoms with E-state index < -0.39 is 0 Å². The number of hydrogen-bond acceptors (Lipinski definition) is 4. The zero-order chi connectivity index (χ0) is 8.27. The average Bonchev–Trinajstić information content (AvgIpc) is 2.40. The third kappa shape index (κ3) is 1.86. The van der Waals surface area contributed by atoms with Crippen molar-refractivity contribution in [2.45, 2.75) is 13.0 Å². The van der Waals surface area contributed by atoms with Gasteiger partial charge in [0.05, 0.1) is 11.6 Å². The van der Waals surface area contributed by atoms with Crippen molar-refractivity contribution in [2.75, 3.05) is 0 Å². The first-order chi connectivity index (χ1) is 5.25. The second-order valence-electron chi connectivity index (χ2n) is 2.35. The highest BCUT2D eigenvalue weighted by Gasteiger charge is 2.10. The van der Waals surface area contributed by atoms with Gasteiger partial charge in [0.2, 0.25) is 0 Å². The van der Waals surface area contributed by atoms with Crippen LogP contribution in [0.25, 0.3) is 0 Å². The van der Waals surface area contributed by atoms with Gasteiger partial charge in [-0.1, -0.05) is 12.2 Å². The molecule has 4 heteroatoms. The van der Waals surface area contributed by atoms with Gasteiger partial charge in [0, 0.05) is 11.1 Å². The SMILES string of the molecule is C=C(C)C(NN)c1cncs1. The second-order valence-corrected chi connectivity index (χ2v) is 3.27. The molecule has 1 heterocycles. The first kappa shape index (κ1) is 8.39. The third-order valence-corrected chi connectivity index (χ3v) is 2.24. The van der Waals surface area contributed by atoms with Gasteiger partial charge in [-0.2, -0.15) is 0 Å². The van der Waals surface area contributed by atoms with Crippen molar-refractivity contribution in [2.24, 2.45) is 5.84 Å². The highest BCUT2D eigenvalue weighted by atomic mass is 32.1. The molecule has 1 aromatic heterocycles. The predicted molar refractivity (Wildman–Crippen MR) is 47.0 cm³/mol. The molecule has 0 spiro atoms. The molecule has 1 rings (SSSR count). The summed E-state index contributed by atoms with van der Waals surface area (Å²) in [5.41, 5.74) is 5.45. The van der Waals surface area contributed by atoms with Crippen molar-refractivity contribution < 1.29 is 0 Å². The van der Waals surface area contributed by atoms with Crippen molar-refractivity contribution in [1.29, 1.82) is 0 Å². The number of hydrazine groups is 1. The average molecular weight is 169 g/mol. The molecular weight excluding hydrogens is 158 g/mol. The van der Waals surface area contributed by atoms with Crippen molar-refractivity contribution >= 4 is 11.3 Å². The molecule has 3 N–H and O–H groups in total. The molecule has 0 radical (unpaired) electrons. The highest BCUT2D eigenvalue weighted by molar-refractivity contribution is 7.09. The normalized spacial score (nSPS) is 12.9. The Morgan fingerprint density at radius 3 is 3.00 bits per heavy atom. The van der Waals surface area contributed by atoms with E-state index in [-0.39, 0.29) is 6.04 Å². The molecule has 0 bridgehead atoms. The van der Waals surface area contributed by atoms with Crippen LogP contribution in [0.4, 0.5) is 0 Å². The summed E-state index contributed by atoms with van der Waals surface area (Å²) in [6.07, 6.45) is 1.80. The topological polar surface area (TPSA) is 50.9 Å². The lowest BCUT2D eigenvalue weighted by Gasteiger charge is -2.12. The fourth-order valence-electron chi connectivity index (χ4n) is 0.835. The van der Waals surface area contributed by atoms with E-state index in [2.05, 4.69) is 17.0 Å². The molecule has 0 saturated heterocycles. The molecule has 0 aliphatic rings. The smallest absolute Gasteiger partial charge is 0.0795 e. The van der Waals surface area contributed by atoms with E-state index in [4.69, 9.17) is 5.84 Å². The summed E-state index contributed by atoms with van der Waals surface area (Å²) in [5, 5.41) is 0. The number of nitrogens with one attached hydrogen (secondary N) is 1. The van der Waals surface area contributed by atoms with Crippen LogP contribution in [0, 0.1) is 0 Å². The van der Waals surface area contributed by atoms with Crippen molar-refractivity contribution in [3.63, 3.8) is 0 Å². The molecule has 0 amide bonds. The Morgan fingerprint density at radius 1 is 1.91 bits per heavy atom. The minimum Gasteiger partial charge on any atom is -0.271 e. The van der Waals surface area contributed by atoms with Crippen LogP contribution >= 0.6 is 11.3 Å². The lowest BCUT2D eigenvalue weighted by atomic mass is 10.1. The zero-order valence-corrected chi connectivity index (χ0v) is 7.19. The predicted octanol–water partition coefficient (Wildman–Crippen LogP) is 1.22. The number of rotatable bonds is 3. The Bertz CT molecular complexity index is 230. The fourth-order valence-corrected chi connectivity index (χ4v) is 1.61. The first-order valence-corrected chi connectivity index (χ1v) is 4.13. The summed E-state index contributed by atoms with van der Waals surface area (Å²) in [5.74, 6) is 5.33. The molecule has 60 valence electrons. The minimum absolute atomic E-state index is 0.0440. The molecule has 0 aliphatic carbocycles. The van der Waals surface area contributed by atoms with E-state index in [1.807, 2.05) is 6.92 Å². The largest absolute Gasteiger partial charge is 0.271 e. The van der Waals surface area contributed by atoms with Crippen LogP contribution < -0.4 is 11.3 Å². The number of nitrogens with two attached hydrogens (primary N) is 1. The van der Waals surface area contributed by atoms with Crippen LogP contribution in [0.1, 0.15) is 17.8 Å². The van der Waals surface area contributed by atoms with Gasteiger partial charge in [0.25, 0.3) is 0 Å². The molecule has 1 atom stereocenters. The summed E-state index contributed by atoms with van der Waals surface area (Å²) in [6.45, 7) is 5.75. The maximum absolute atomic E-state index is 5.33. The van der Waals surface area contributed by atoms with E-state index in [1.54, 1.807) is 23.0 Å². The van der Waals surface area contributed by atoms with Crippen LogP contribution in [0.3, 0.4) is 0 Å². The lowest BCUT2D eigenvalue weighted by Crippen LogP contribution is -2.27. The minimum atomic E-state index is 0.0440. The van der Waals surface area contributed by atoms with Crippen LogP contribution in [-0.4, -0.2) is 4.98 Å². The number of hydrogen-bond donors (Lipinski definition) is 2. The van der Waals surface area contributed by atoms with E-state index in [9.17, 15) is 0 Å². The van der Waals surface area contributed by atoms with Gasteiger partial charge < -0.3 is 0 Å². The van der Waals surface area contributed by atoms with Gasteiger partial charge in [-0.05, 0) is 6.92 Å². The Hall–Kier alpha value is -0.710. The molecule has 1 aromatic rings. The van der Waals surface area contributed by atoms with Crippen LogP contribution in [0.5, 0.6) is 0 Å². The van der Waals surface area contributed by atoms with E-state index in [0.717, 1.165) is 10.5 Å². The van der Waals surface area contributed by atoms with Gasteiger partial charge >= 0.3 is 0 Å². The van der Waals surface area contributed by atoms with Gasteiger partial charge in [0.1, 0.15) is 0 Å². The van der Waals surface area contributed by atoms with Crippen LogP contribution in [0.15, 0.2) is 23.9 Å². The molecule has 0 aliphatic heterocycles. The molecule has 0 aromatic carbocycles. The Labute approximate surface area is 69.9 Å². The van der Waals surface area contributed by atoms with Crippen LogP contribution in [-0.2, 0) is 0 Å². The van der Waals surface area contributed by atoms with Gasteiger partial charge in [-0.15, -0.1) is 11.3 Å². The molecule has 3 nitrogen and oxygen atoms in total. The van der Waals surface area contributed by atoms with Gasteiger partial charge in [0.15, 0.2) is 0 Å². The fraction of sp³-hybridized carbons (Fsp3) is 0.286. The number of nitrogens with zero attached hydrogens (tertiary/aromatic N) is 1. The molecule has 0 saturated carbocycles. The molecule has 1 unspecified atom stereocenters. The first-order valence-electron chi connectivity index (χ1n) is 3.25. The highest BCUT2D eigenvalue weighted by Crippen LogP contribution is 2.21. The molecule has 0 fully saturated rings. The van der Waals surface area contributed by atoms with E-state index >= 15 is 0 Å². The summed E-state index contributed by atoms with van der Waals surface area (Å²) in [4.78, 5) is 5.05. The maximum Gasteiger partial charge on any atom is 0.0795 e. The summed E-state index contributed by atoms with van der Waals surface area (Å²) in [6, 6.07) is 0.0440. The maximum atomic E-state index is 5.33. The zero-order valence-electron chi connectivity index (χ0n) is 6.37. The van der Waals surface area contributed by atoms with E-state index in [1.165, 1.54) is 0 Å². The van der Waals surface area contributed by atoms with E-state index in [0.29, 0.717) is 0 Å². The number of aromatic nitrogens is 1. The Kier molecular flexibility index (Phi) is 2.76. The third-order valence-electron chi connectivity index (χ3n) is 1.40. The van der Waals surface area contributed by atoms with Gasteiger partial charge in [-0.3, -0.25) is 10.8 Å². The van der Waals surface area contributed by atoms with Crippen molar-refractivity contribution in [1.82, 2.24) is 10.4 Å². The quantitative estimate of drug-likeness (QED) is 0.406. The second kappa shape index (κ2) is 3.61. The Balaban J connectivity index is 2.79. The number of thiazole rings is 1. The van der Waals surface area contributed by atoms with Crippen molar-refractivity contribution in [3.8, 4) is 0 Å². The van der Waals surface area contributed by atoms with Gasteiger partial charge in [-0.25, -0.2) is 5.43 Å². The summed E-state index contributed by atoms with van der Waals surface area (Å²) in [7, 11) is 0. The summed E-state index contributed by atoms with van der Waals surface area (Å²) < 4.78 is 0. The standard InChI is InChI=1S/C7H11N3S/c1-5(2)7(10-8)6-3-9-4-11-6/h3-4,7,10H,1,8H2,2H3. The molecular formula is C7H11N3S. The van der Waals surface area contributed by atoms with Crippen LogP contribution in [0.2, 0.25) is 0 Å². The van der Waals surface area contributed by atoms with Crippen molar-refractivity contribution in [3.05, 3.63) is 28.7 Å².